The summed E-state index contributed by atoms with van der Waals surface area (Å²) >= 11 is 0. The van der Waals surface area contributed by atoms with E-state index < -0.39 is 0 Å². The number of rotatable bonds is 6. The third-order valence-corrected chi connectivity index (χ3v) is 7.98. The van der Waals surface area contributed by atoms with Crippen LogP contribution in [0.25, 0.3) is 32.7 Å². The molecule has 0 bridgehead atoms. The molecule has 3 aromatic heterocycles. The molecule has 6 aromatic rings. The van der Waals surface area contributed by atoms with Crippen molar-refractivity contribution in [1.29, 1.82) is 0 Å². The molecule has 0 spiro atoms. The number of ketones is 1. The van der Waals surface area contributed by atoms with E-state index in [-0.39, 0.29) is 29.8 Å². The van der Waals surface area contributed by atoms with E-state index in [9.17, 15) is 14.7 Å². The van der Waals surface area contributed by atoms with Gasteiger partial charge in [-0.15, -0.1) is 0 Å². The number of carbonyl (C=O) groups excluding carboxylic acids is 2. The number of anilines is 1. The lowest BCUT2D eigenvalue weighted by molar-refractivity contribution is 0.0976. The molecule has 40 heavy (non-hydrogen) atoms. The minimum Gasteiger partial charge on any atom is -0.506 e. The highest BCUT2D eigenvalue weighted by Crippen LogP contribution is 2.46. The fraction of sp³-hybridized carbons (Fsp3) is 0.188. The number of hydrogen-bond donors (Lipinski definition) is 4. The maximum Gasteiger partial charge on any atom is 0.274 e. The number of phenols is 1. The molecule has 8 heteroatoms. The van der Waals surface area contributed by atoms with Crippen molar-refractivity contribution < 1.29 is 19.4 Å². The Kier molecular flexibility index (Phi) is 5.54. The highest BCUT2D eigenvalue weighted by Gasteiger charge is 2.36. The summed E-state index contributed by atoms with van der Waals surface area (Å²) in [7, 11) is 1.66. The Bertz CT molecular complexity index is 1930. The van der Waals surface area contributed by atoms with Gasteiger partial charge in [0.25, 0.3) is 5.91 Å². The van der Waals surface area contributed by atoms with Gasteiger partial charge in [0, 0.05) is 65.4 Å². The van der Waals surface area contributed by atoms with E-state index in [1.807, 2.05) is 67.7 Å². The zero-order valence-corrected chi connectivity index (χ0v) is 22.2. The van der Waals surface area contributed by atoms with E-state index in [0.717, 1.165) is 43.9 Å². The van der Waals surface area contributed by atoms with Gasteiger partial charge in [-0.05, 0) is 53.9 Å². The smallest absolute Gasteiger partial charge is 0.274 e. The largest absolute Gasteiger partial charge is 0.506 e. The van der Waals surface area contributed by atoms with Gasteiger partial charge < -0.3 is 29.7 Å². The van der Waals surface area contributed by atoms with Crippen molar-refractivity contribution >= 4 is 50.1 Å². The summed E-state index contributed by atoms with van der Waals surface area (Å²) in [4.78, 5) is 38.2. The highest BCUT2D eigenvalue weighted by molar-refractivity contribution is 6.11. The van der Waals surface area contributed by atoms with Gasteiger partial charge in [-0.25, -0.2) is 0 Å². The number of aromatic hydroxyl groups is 1. The Morgan fingerprint density at radius 3 is 2.60 bits per heavy atom. The fourth-order valence-corrected chi connectivity index (χ4v) is 6.11. The number of hydrogen-bond acceptors (Lipinski definition) is 4. The lowest BCUT2D eigenvalue weighted by atomic mass is 9.96. The van der Waals surface area contributed by atoms with Gasteiger partial charge in [-0.2, -0.15) is 0 Å². The van der Waals surface area contributed by atoms with Gasteiger partial charge in [-0.1, -0.05) is 24.3 Å². The number of aromatic nitrogens is 3. The minimum absolute atomic E-state index is 0.00594. The van der Waals surface area contributed by atoms with Crippen molar-refractivity contribution in [2.24, 2.45) is 0 Å². The summed E-state index contributed by atoms with van der Waals surface area (Å²) in [5.74, 6) is -0.0862. The maximum atomic E-state index is 13.8. The monoisotopic (exact) mass is 532 g/mol. The van der Waals surface area contributed by atoms with Crippen LogP contribution < -0.4 is 4.90 Å². The molecule has 0 aliphatic carbocycles. The number of Topliss-reactive ketones (excluding diaryl/α,β-unsaturated/α-hetero) is 1. The molecule has 1 atom stereocenters. The van der Waals surface area contributed by atoms with Gasteiger partial charge in [0.15, 0.2) is 5.78 Å². The minimum atomic E-state index is -0.182. The number of para-hydroxylation sites is 1. The molecule has 1 amide bonds. The van der Waals surface area contributed by atoms with Gasteiger partial charge in [-0.3, -0.25) is 9.59 Å². The van der Waals surface area contributed by atoms with Gasteiger partial charge in [0.2, 0.25) is 0 Å². The number of ether oxygens (including phenoxy) is 1. The lowest BCUT2D eigenvalue weighted by Gasteiger charge is -2.17. The molecule has 1 aliphatic rings. The Labute approximate surface area is 229 Å². The molecule has 0 fully saturated rings. The summed E-state index contributed by atoms with van der Waals surface area (Å²) in [5, 5.41) is 13.5. The van der Waals surface area contributed by atoms with Crippen LogP contribution in [0.15, 0.2) is 66.9 Å². The topological polar surface area (TPSA) is 114 Å². The summed E-state index contributed by atoms with van der Waals surface area (Å²) in [6.07, 6.45) is 2.12. The zero-order valence-electron chi connectivity index (χ0n) is 22.2. The van der Waals surface area contributed by atoms with E-state index in [1.54, 1.807) is 18.1 Å². The average Bonchev–Trinajstić information content (AvgIpc) is 3.72. The third kappa shape index (κ3) is 3.79. The third-order valence-electron chi connectivity index (χ3n) is 7.98. The molecule has 8 nitrogen and oxygen atoms in total. The van der Waals surface area contributed by atoms with Crippen LogP contribution in [-0.2, 0) is 11.2 Å². The number of amides is 1. The van der Waals surface area contributed by atoms with Crippen LogP contribution >= 0.6 is 0 Å². The number of H-pyrrole nitrogens is 3. The van der Waals surface area contributed by atoms with Crippen LogP contribution in [0.2, 0.25) is 0 Å². The van der Waals surface area contributed by atoms with Crippen LogP contribution in [0.1, 0.15) is 43.6 Å². The number of fused-ring (bicyclic) bond motifs is 5. The summed E-state index contributed by atoms with van der Waals surface area (Å²) in [5.41, 5.74) is 7.05. The SMILES string of the molecule is COCC1CN(C(=O)c2cc3cc(CC(=O)c4cc5ccccc5[nH]4)ccc3[nH]2)c2cc(O)c3[nH]cc(C)c3c21. The predicted molar refractivity (Wildman–Crippen MR) is 156 cm³/mol. The molecule has 1 aliphatic heterocycles. The van der Waals surface area contributed by atoms with Crippen molar-refractivity contribution in [2.45, 2.75) is 19.3 Å². The van der Waals surface area contributed by atoms with E-state index in [1.165, 1.54) is 0 Å². The Balaban J connectivity index is 1.19. The fourth-order valence-electron chi connectivity index (χ4n) is 6.11. The van der Waals surface area contributed by atoms with Gasteiger partial charge >= 0.3 is 0 Å². The summed E-state index contributed by atoms with van der Waals surface area (Å²) < 4.78 is 5.51. The molecule has 7 rings (SSSR count). The Morgan fingerprint density at radius 1 is 1.00 bits per heavy atom. The molecule has 0 saturated heterocycles. The molecule has 4 N–H and O–H groups in total. The van der Waals surface area contributed by atoms with E-state index in [4.69, 9.17) is 4.74 Å². The number of methoxy groups -OCH3 is 1. The Morgan fingerprint density at radius 2 is 1.77 bits per heavy atom. The first-order chi connectivity index (χ1) is 19.4. The highest BCUT2D eigenvalue weighted by atomic mass is 16.5. The van der Waals surface area contributed by atoms with Crippen LogP contribution in [0.3, 0.4) is 0 Å². The maximum absolute atomic E-state index is 13.8. The normalized spacial score (nSPS) is 14.9. The Hall–Kier alpha value is -4.82. The standard InChI is InChI=1S/C32H28N4O4/c1-17-14-33-31-28(38)13-26-30(29(17)31)21(16-40-2)15-36(26)32(39)25-12-20-9-18(7-8-23(20)35-25)10-27(37)24-11-19-5-3-4-6-22(19)34-24/h3-9,11-14,21,33-35,38H,10,15-16H2,1-2H3. The van der Waals surface area contributed by atoms with Crippen molar-refractivity contribution in [3.05, 3.63) is 94.9 Å². The zero-order chi connectivity index (χ0) is 27.5. The van der Waals surface area contributed by atoms with Crippen molar-refractivity contribution in [3.63, 3.8) is 0 Å². The van der Waals surface area contributed by atoms with Crippen LogP contribution in [-0.4, -0.2) is 52.0 Å². The number of aromatic amines is 3. The second-order valence-electron chi connectivity index (χ2n) is 10.6. The van der Waals surface area contributed by atoms with Crippen molar-refractivity contribution in [1.82, 2.24) is 15.0 Å². The number of carbonyl (C=O) groups is 2. The first-order valence-electron chi connectivity index (χ1n) is 13.3. The predicted octanol–water partition coefficient (Wildman–Crippen LogP) is 5.96. The molecule has 0 saturated carbocycles. The number of nitrogens with one attached hydrogen (secondary N) is 3. The van der Waals surface area contributed by atoms with E-state index in [2.05, 4.69) is 15.0 Å². The van der Waals surface area contributed by atoms with E-state index >= 15 is 0 Å². The van der Waals surface area contributed by atoms with Crippen LogP contribution in [0.5, 0.6) is 5.75 Å². The second-order valence-corrected chi connectivity index (χ2v) is 10.6. The summed E-state index contributed by atoms with van der Waals surface area (Å²) in [6.45, 7) is 2.90. The van der Waals surface area contributed by atoms with Gasteiger partial charge in [0.1, 0.15) is 11.4 Å². The first kappa shape index (κ1) is 24.2. The number of nitrogens with zero attached hydrogens (tertiary/aromatic N) is 1. The van der Waals surface area contributed by atoms with Crippen LogP contribution in [0.4, 0.5) is 5.69 Å². The number of phenolic OH excluding ortho intramolecular Hbond substituents is 1. The molecular formula is C32H28N4O4. The van der Waals surface area contributed by atoms with E-state index in [0.29, 0.717) is 35.7 Å². The van der Waals surface area contributed by atoms with Crippen molar-refractivity contribution in [3.8, 4) is 5.75 Å². The van der Waals surface area contributed by atoms with Crippen LogP contribution in [0, 0.1) is 6.92 Å². The molecule has 200 valence electrons. The average molecular weight is 533 g/mol. The quantitative estimate of drug-likeness (QED) is 0.198. The molecule has 3 aromatic carbocycles. The molecule has 0 radical (unpaired) electrons. The molecule has 4 heterocycles. The molecular weight excluding hydrogens is 504 g/mol. The summed E-state index contributed by atoms with van der Waals surface area (Å²) in [6, 6.07) is 19.0. The van der Waals surface area contributed by atoms with Crippen molar-refractivity contribution in [2.75, 3.05) is 25.2 Å². The second kappa shape index (κ2) is 9.14. The number of benzene rings is 3. The number of aryl methyl sites for hydroxylation is 1. The molecule has 1 unspecified atom stereocenters. The first-order valence-corrected chi connectivity index (χ1v) is 13.3. The van der Waals surface area contributed by atoms with Gasteiger partial charge in [0.05, 0.1) is 23.5 Å². The lowest BCUT2D eigenvalue weighted by Crippen LogP contribution is -2.30.